The molecule has 38 heavy (non-hydrogen) atoms. The number of rotatable bonds is 7. The number of benzene rings is 2. The highest BCUT2D eigenvalue weighted by atomic mass is 16.5. The molecule has 0 fully saturated rings. The van der Waals surface area contributed by atoms with Crippen LogP contribution in [0.2, 0.25) is 0 Å². The molecule has 3 heterocycles. The number of aryl methyl sites for hydroxylation is 2. The van der Waals surface area contributed by atoms with E-state index in [4.69, 9.17) is 4.74 Å². The molecule has 0 unspecified atom stereocenters. The minimum atomic E-state index is -0.482. The van der Waals surface area contributed by atoms with Crippen molar-refractivity contribution in [1.29, 1.82) is 0 Å². The molecule has 0 radical (unpaired) electrons. The SMILES string of the molecule is COc1ccc2[nH]c3c(c2c1)CCN(C(=O)CCCn1c(=O)cc(Nc2ccc4c(c2)CCC4)[nH]c1=O)C3. The van der Waals surface area contributed by atoms with Crippen LogP contribution in [0.25, 0.3) is 10.9 Å². The van der Waals surface area contributed by atoms with Crippen LogP contribution in [-0.4, -0.2) is 39.0 Å². The zero-order valence-corrected chi connectivity index (χ0v) is 21.4. The minimum absolute atomic E-state index is 0.0197. The Labute approximate surface area is 219 Å². The first-order valence-electron chi connectivity index (χ1n) is 13.2. The molecule has 1 aliphatic carbocycles. The van der Waals surface area contributed by atoms with Crippen LogP contribution in [-0.2, 0) is 37.1 Å². The molecule has 1 amide bonds. The molecule has 3 N–H and O–H groups in total. The number of hydrogen-bond donors (Lipinski definition) is 3. The Morgan fingerprint density at radius 1 is 1.03 bits per heavy atom. The summed E-state index contributed by atoms with van der Waals surface area (Å²) in [5.74, 6) is 1.20. The molecular formula is C29H31N5O4. The van der Waals surface area contributed by atoms with E-state index in [-0.39, 0.29) is 24.4 Å². The molecular weight excluding hydrogens is 482 g/mol. The second-order valence-electron chi connectivity index (χ2n) is 10.1. The van der Waals surface area contributed by atoms with E-state index in [1.54, 1.807) is 7.11 Å². The van der Waals surface area contributed by atoms with Gasteiger partial charge >= 0.3 is 5.69 Å². The zero-order chi connectivity index (χ0) is 26.2. The molecule has 9 heteroatoms. The summed E-state index contributed by atoms with van der Waals surface area (Å²) < 4.78 is 6.51. The quantitative estimate of drug-likeness (QED) is 0.349. The van der Waals surface area contributed by atoms with Crippen LogP contribution in [0.15, 0.2) is 52.1 Å². The summed E-state index contributed by atoms with van der Waals surface area (Å²) in [4.78, 5) is 46.3. The third-order valence-electron chi connectivity index (χ3n) is 7.71. The summed E-state index contributed by atoms with van der Waals surface area (Å²) in [5, 5.41) is 4.28. The summed E-state index contributed by atoms with van der Waals surface area (Å²) >= 11 is 0. The van der Waals surface area contributed by atoms with Crippen molar-refractivity contribution < 1.29 is 9.53 Å². The Morgan fingerprint density at radius 3 is 2.74 bits per heavy atom. The van der Waals surface area contributed by atoms with E-state index in [2.05, 4.69) is 27.4 Å². The summed E-state index contributed by atoms with van der Waals surface area (Å²) in [7, 11) is 1.66. The topological polar surface area (TPSA) is 112 Å². The predicted octanol–water partition coefficient (Wildman–Crippen LogP) is 3.62. The summed E-state index contributed by atoms with van der Waals surface area (Å²) in [6.07, 6.45) is 4.76. The van der Waals surface area contributed by atoms with Crippen LogP contribution in [0.1, 0.15) is 41.6 Å². The smallest absolute Gasteiger partial charge is 0.329 e. The lowest BCUT2D eigenvalue weighted by Gasteiger charge is -2.27. The number of fused-ring (bicyclic) bond motifs is 4. The van der Waals surface area contributed by atoms with Crippen molar-refractivity contribution in [1.82, 2.24) is 19.4 Å². The van der Waals surface area contributed by atoms with Gasteiger partial charge in [0.2, 0.25) is 5.91 Å². The number of aromatic amines is 2. The van der Waals surface area contributed by atoms with Gasteiger partial charge in [0.1, 0.15) is 11.6 Å². The third-order valence-corrected chi connectivity index (χ3v) is 7.71. The molecule has 2 aliphatic rings. The lowest BCUT2D eigenvalue weighted by molar-refractivity contribution is -0.132. The maximum absolute atomic E-state index is 12.9. The molecule has 1 aliphatic heterocycles. The number of hydrogen-bond acceptors (Lipinski definition) is 5. The summed E-state index contributed by atoms with van der Waals surface area (Å²) in [6.45, 7) is 1.35. The number of anilines is 2. The summed E-state index contributed by atoms with van der Waals surface area (Å²) in [6, 6.07) is 13.5. The van der Waals surface area contributed by atoms with E-state index < -0.39 is 5.69 Å². The van der Waals surface area contributed by atoms with E-state index in [9.17, 15) is 14.4 Å². The summed E-state index contributed by atoms with van der Waals surface area (Å²) in [5.41, 5.74) is 5.97. The van der Waals surface area contributed by atoms with Gasteiger partial charge in [-0.25, -0.2) is 4.79 Å². The van der Waals surface area contributed by atoms with Gasteiger partial charge in [0.15, 0.2) is 0 Å². The normalized spacial score (nSPS) is 14.4. The fraction of sp³-hybridized carbons (Fsp3) is 0.345. The molecule has 0 bridgehead atoms. The monoisotopic (exact) mass is 513 g/mol. The fourth-order valence-electron chi connectivity index (χ4n) is 5.71. The first kappa shape index (κ1) is 24.1. The van der Waals surface area contributed by atoms with Gasteiger partial charge in [-0.15, -0.1) is 0 Å². The number of carbonyl (C=O) groups excluding carboxylic acids is 1. The predicted molar refractivity (Wildman–Crippen MR) is 146 cm³/mol. The Hall–Kier alpha value is -4.27. The fourth-order valence-corrected chi connectivity index (χ4v) is 5.71. The number of H-pyrrole nitrogens is 2. The average molecular weight is 514 g/mol. The number of nitrogens with one attached hydrogen (secondary N) is 3. The van der Waals surface area contributed by atoms with Crippen LogP contribution < -0.4 is 21.3 Å². The molecule has 0 saturated heterocycles. The maximum atomic E-state index is 12.9. The Kier molecular flexibility index (Phi) is 6.27. The first-order chi connectivity index (χ1) is 18.5. The number of methoxy groups -OCH3 is 1. The van der Waals surface area contributed by atoms with E-state index in [0.29, 0.717) is 25.3 Å². The highest BCUT2D eigenvalue weighted by molar-refractivity contribution is 5.87. The molecule has 4 aromatic rings. The molecule has 0 atom stereocenters. The van der Waals surface area contributed by atoms with Gasteiger partial charge < -0.3 is 19.9 Å². The van der Waals surface area contributed by atoms with Crippen LogP contribution >= 0.6 is 0 Å². The van der Waals surface area contributed by atoms with Crippen LogP contribution in [0, 0.1) is 0 Å². The molecule has 0 spiro atoms. The van der Waals surface area contributed by atoms with Gasteiger partial charge in [-0.1, -0.05) is 6.07 Å². The van der Waals surface area contributed by atoms with E-state index in [0.717, 1.165) is 58.3 Å². The average Bonchev–Trinajstić information content (AvgIpc) is 3.53. The molecule has 9 nitrogen and oxygen atoms in total. The van der Waals surface area contributed by atoms with E-state index in [1.807, 2.05) is 29.2 Å². The van der Waals surface area contributed by atoms with Gasteiger partial charge in [-0.05, 0) is 79.1 Å². The number of amides is 1. The van der Waals surface area contributed by atoms with E-state index >= 15 is 0 Å². The van der Waals surface area contributed by atoms with Crippen LogP contribution in [0.3, 0.4) is 0 Å². The molecule has 2 aromatic carbocycles. The Balaban J connectivity index is 1.07. The molecule has 0 saturated carbocycles. The number of aromatic nitrogens is 3. The highest BCUT2D eigenvalue weighted by Crippen LogP contribution is 2.30. The first-order valence-corrected chi connectivity index (χ1v) is 13.2. The van der Waals surface area contributed by atoms with Crippen LogP contribution in [0.4, 0.5) is 11.5 Å². The number of carbonyl (C=O) groups is 1. The maximum Gasteiger partial charge on any atom is 0.329 e. The van der Waals surface area contributed by atoms with Gasteiger partial charge in [0.05, 0.1) is 13.7 Å². The molecule has 6 rings (SSSR count). The zero-order valence-electron chi connectivity index (χ0n) is 21.4. The lowest BCUT2D eigenvalue weighted by atomic mass is 10.0. The van der Waals surface area contributed by atoms with Crippen molar-refractivity contribution in [2.24, 2.45) is 0 Å². The number of nitrogens with zero attached hydrogens (tertiary/aromatic N) is 2. The highest BCUT2D eigenvalue weighted by Gasteiger charge is 2.24. The molecule has 2 aromatic heterocycles. The lowest BCUT2D eigenvalue weighted by Crippen LogP contribution is -2.37. The second-order valence-corrected chi connectivity index (χ2v) is 10.1. The van der Waals surface area contributed by atoms with Gasteiger partial charge in [0, 0.05) is 47.9 Å². The standard InChI is InChI=1S/C29H31N5O4/c1-38-21-9-10-24-23(15-21)22-11-13-33(17-25(22)31-24)27(35)6-3-12-34-28(36)16-26(32-29(34)37)30-20-8-7-18-4-2-5-19(18)14-20/h7-10,14-16,30-31H,2-6,11-13,17H2,1H3,(H,32,37). The minimum Gasteiger partial charge on any atom is -0.497 e. The van der Waals surface area contributed by atoms with E-state index in [1.165, 1.54) is 22.8 Å². The van der Waals surface area contributed by atoms with Crippen molar-refractivity contribution in [3.8, 4) is 5.75 Å². The Morgan fingerprint density at radius 2 is 1.89 bits per heavy atom. The van der Waals surface area contributed by atoms with Gasteiger partial charge in [-0.2, -0.15) is 0 Å². The largest absolute Gasteiger partial charge is 0.497 e. The van der Waals surface area contributed by atoms with Gasteiger partial charge in [-0.3, -0.25) is 19.1 Å². The van der Waals surface area contributed by atoms with Crippen molar-refractivity contribution in [3.63, 3.8) is 0 Å². The van der Waals surface area contributed by atoms with Crippen molar-refractivity contribution in [2.75, 3.05) is 19.0 Å². The van der Waals surface area contributed by atoms with Crippen LogP contribution in [0.5, 0.6) is 5.75 Å². The third kappa shape index (κ3) is 4.60. The molecule has 196 valence electrons. The van der Waals surface area contributed by atoms with Crippen molar-refractivity contribution in [3.05, 3.63) is 85.7 Å². The van der Waals surface area contributed by atoms with Crippen molar-refractivity contribution in [2.45, 2.75) is 51.6 Å². The Bertz CT molecular complexity index is 1620. The number of ether oxygens (including phenoxy) is 1. The van der Waals surface area contributed by atoms with Gasteiger partial charge in [0.25, 0.3) is 5.56 Å². The van der Waals surface area contributed by atoms with Crippen molar-refractivity contribution >= 4 is 28.3 Å². The second kappa shape index (κ2) is 9.89.